The Balaban J connectivity index is 2.07. The fourth-order valence-electron chi connectivity index (χ4n) is 2.79. The number of hydrogen-bond donors (Lipinski definition) is 0. The number of aryl methyl sites for hydroxylation is 1. The highest BCUT2D eigenvalue weighted by atomic mass is 35.5. The summed E-state index contributed by atoms with van der Waals surface area (Å²) in [6.45, 7) is 4.01. The maximum Gasteiger partial charge on any atom is 0.308 e. The minimum absolute atomic E-state index is 0.0828. The van der Waals surface area contributed by atoms with Crippen LogP contribution in [0.1, 0.15) is 29.5 Å². The van der Waals surface area contributed by atoms with E-state index in [9.17, 15) is 4.79 Å². The van der Waals surface area contributed by atoms with Crippen molar-refractivity contribution in [2.75, 3.05) is 14.2 Å². The highest BCUT2D eigenvalue weighted by Crippen LogP contribution is 2.44. The number of rotatable bonds is 5. The van der Waals surface area contributed by atoms with E-state index in [2.05, 4.69) is 0 Å². The fourth-order valence-corrected chi connectivity index (χ4v) is 2.96. The Labute approximate surface area is 125 Å². The molecule has 2 rings (SSSR count). The Bertz CT molecular complexity index is 525. The molecule has 0 aliphatic heterocycles. The lowest BCUT2D eigenvalue weighted by Crippen LogP contribution is -2.05. The summed E-state index contributed by atoms with van der Waals surface area (Å²) < 4.78 is 10.2. The van der Waals surface area contributed by atoms with Gasteiger partial charge in [0, 0.05) is 5.02 Å². The molecule has 1 aliphatic carbocycles. The Morgan fingerprint density at radius 3 is 2.70 bits per heavy atom. The van der Waals surface area contributed by atoms with Crippen LogP contribution in [0.4, 0.5) is 0 Å². The normalized spacial score (nSPS) is 20.6. The molecular formula is C16H21ClO3. The van der Waals surface area contributed by atoms with Crippen LogP contribution in [0, 0.1) is 25.7 Å². The van der Waals surface area contributed by atoms with Gasteiger partial charge in [0.25, 0.3) is 0 Å². The minimum Gasteiger partial charge on any atom is -0.496 e. The molecule has 0 bridgehead atoms. The van der Waals surface area contributed by atoms with Crippen LogP contribution < -0.4 is 4.74 Å². The quantitative estimate of drug-likeness (QED) is 0.777. The highest BCUT2D eigenvalue weighted by Gasteiger charge is 2.43. The Morgan fingerprint density at radius 2 is 2.10 bits per heavy atom. The van der Waals surface area contributed by atoms with Gasteiger partial charge in [-0.3, -0.25) is 4.79 Å². The van der Waals surface area contributed by atoms with Crippen molar-refractivity contribution < 1.29 is 14.3 Å². The van der Waals surface area contributed by atoms with Gasteiger partial charge in [-0.05, 0) is 61.8 Å². The molecule has 2 unspecified atom stereocenters. The minimum atomic E-state index is -0.0828. The van der Waals surface area contributed by atoms with Crippen LogP contribution in [0.25, 0.3) is 0 Å². The number of esters is 1. The van der Waals surface area contributed by atoms with Crippen molar-refractivity contribution in [3.8, 4) is 5.75 Å². The topological polar surface area (TPSA) is 35.5 Å². The van der Waals surface area contributed by atoms with E-state index in [4.69, 9.17) is 21.1 Å². The second-order valence-electron chi connectivity index (χ2n) is 5.48. The van der Waals surface area contributed by atoms with Crippen molar-refractivity contribution in [3.05, 3.63) is 27.8 Å². The molecular weight excluding hydrogens is 276 g/mol. The first-order valence-corrected chi connectivity index (χ1v) is 7.27. The van der Waals surface area contributed by atoms with Crippen molar-refractivity contribution in [3.63, 3.8) is 0 Å². The molecule has 3 nitrogen and oxygen atoms in total. The van der Waals surface area contributed by atoms with Crippen LogP contribution in [0.15, 0.2) is 6.07 Å². The van der Waals surface area contributed by atoms with Crippen molar-refractivity contribution in [1.29, 1.82) is 0 Å². The first-order valence-electron chi connectivity index (χ1n) is 6.90. The van der Waals surface area contributed by atoms with E-state index in [0.29, 0.717) is 5.92 Å². The predicted molar refractivity (Wildman–Crippen MR) is 79.4 cm³/mol. The maximum atomic E-state index is 11.4. The van der Waals surface area contributed by atoms with Gasteiger partial charge in [-0.1, -0.05) is 11.6 Å². The van der Waals surface area contributed by atoms with Crippen LogP contribution in [0.3, 0.4) is 0 Å². The van der Waals surface area contributed by atoms with Crippen LogP contribution in [0.5, 0.6) is 5.75 Å². The molecule has 0 radical (unpaired) electrons. The summed E-state index contributed by atoms with van der Waals surface area (Å²) in [6.07, 6.45) is 2.79. The number of ether oxygens (including phenoxy) is 2. The monoisotopic (exact) mass is 296 g/mol. The van der Waals surface area contributed by atoms with Gasteiger partial charge in [-0.15, -0.1) is 0 Å². The summed E-state index contributed by atoms with van der Waals surface area (Å²) in [6, 6.07) is 1.98. The van der Waals surface area contributed by atoms with Crippen molar-refractivity contribution in [2.45, 2.75) is 33.1 Å². The van der Waals surface area contributed by atoms with Crippen LogP contribution in [-0.4, -0.2) is 20.2 Å². The molecule has 1 saturated carbocycles. The van der Waals surface area contributed by atoms with Gasteiger partial charge in [0.05, 0.1) is 20.1 Å². The van der Waals surface area contributed by atoms with Gasteiger partial charge in [-0.25, -0.2) is 0 Å². The van der Waals surface area contributed by atoms with E-state index >= 15 is 0 Å². The average Bonchev–Trinajstić information content (AvgIpc) is 3.22. The molecule has 0 N–H and O–H groups in total. The van der Waals surface area contributed by atoms with Crippen molar-refractivity contribution in [2.24, 2.45) is 11.8 Å². The highest BCUT2D eigenvalue weighted by molar-refractivity contribution is 6.32. The molecule has 1 aromatic carbocycles. The lowest BCUT2D eigenvalue weighted by atomic mass is 9.98. The molecule has 0 amide bonds. The molecule has 0 aromatic heterocycles. The molecule has 1 fully saturated rings. The maximum absolute atomic E-state index is 11.4. The molecule has 0 saturated heterocycles. The number of carbonyl (C=O) groups excluding carboxylic acids is 1. The molecule has 2 atom stereocenters. The van der Waals surface area contributed by atoms with Crippen LogP contribution in [0.2, 0.25) is 5.02 Å². The van der Waals surface area contributed by atoms with E-state index in [1.807, 2.05) is 19.9 Å². The average molecular weight is 297 g/mol. The lowest BCUT2D eigenvalue weighted by molar-refractivity contribution is -0.142. The molecule has 110 valence electrons. The summed E-state index contributed by atoms with van der Waals surface area (Å²) >= 11 is 6.31. The summed E-state index contributed by atoms with van der Waals surface area (Å²) in [5.74, 6) is 1.33. The van der Waals surface area contributed by atoms with Gasteiger partial charge in [0.1, 0.15) is 5.75 Å². The SMILES string of the molecule is COC(=O)C1CC1CCc1c(OC)cc(C)c(Cl)c1C. The van der Waals surface area contributed by atoms with E-state index in [1.54, 1.807) is 7.11 Å². The third-order valence-corrected chi connectivity index (χ3v) is 4.77. The van der Waals surface area contributed by atoms with Gasteiger partial charge >= 0.3 is 5.97 Å². The molecule has 4 heteroatoms. The Kier molecular flexibility index (Phi) is 4.59. The van der Waals surface area contributed by atoms with E-state index in [1.165, 1.54) is 7.11 Å². The zero-order valence-corrected chi connectivity index (χ0v) is 13.2. The third-order valence-electron chi connectivity index (χ3n) is 4.18. The van der Waals surface area contributed by atoms with Gasteiger partial charge in [0.2, 0.25) is 0 Å². The smallest absolute Gasteiger partial charge is 0.308 e. The van der Waals surface area contributed by atoms with Gasteiger partial charge in [-0.2, -0.15) is 0 Å². The van der Waals surface area contributed by atoms with E-state index in [-0.39, 0.29) is 11.9 Å². The summed E-state index contributed by atoms with van der Waals surface area (Å²) in [5.41, 5.74) is 3.26. The zero-order chi connectivity index (χ0) is 14.9. The number of carbonyl (C=O) groups is 1. The number of hydrogen-bond acceptors (Lipinski definition) is 3. The standard InChI is InChI=1S/C16H21ClO3/c1-9-7-14(19-3)12(10(2)15(9)17)6-5-11-8-13(11)16(18)20-4/h7,11,13H,5-6,8H2,1-4H3. The number of methoxy groups -OCH3 is 2. The number of benzene rings is 1. The third kappa shape index (κ3) is 2.93. The molecule has 20 heavy (non-hydrogen) atoms. The molecule has 0 heterocycles. The van der Waals surface area contributed by atoms with Crippen molar-refractivity contribution in [1.82, 2.24) is 0 Å². The second-order valence-corrected chi connectivity index (χ2v) is 5.86. The van der Waals surface area contributed by atoms with Gasteiger partial charge in [0.15, 0.2) is 0 Å². The second kappa shape index (κ2) is 6.04. The van der Waals surface area contributed by atoms with Crippen LogP contribution in [-0.2, 0) is 16.0 Å². The molecule has 1 aromatic rings. The van der Waals surface area contributed by atoms with Crippen molar-refractivity contribution >= 4 is 17.6 Å². The fraction of sp³-hybridized carbons (Fsp3) is 0.562. The lowest BCUT2D eigenvalue weighted by Gasteiger charge is -2.15. The molecule has 0 spiro atoms. The van der Waals surface area contributed by atoms with Gasteiger partial charge < -0.3 is 9.47 Å². The van der Waals surface area contributed by atoms with Crippen LogP contribution >= 0.6 is 11.6 Å². The molecule has 1 aliphatic rings. The first-order chi connectivity index (χ1) is 9.49. The Morgan fingerprint density at radius 1 is 1.40 bits per heavy atom. The Hall–Kier alpha value is -1.22. The zero-order valence-electron chi connectivity index (χ0n) is 12.5. The summed E-state index contributed by atoms with van der Waals surface area (Å²) in [4.78, 5) is 11.4. The largest absolute Gasteiger partial charge is 0.496 e. The van der Waals surface area contributed by atoms with E-state index in [0.717, 1.165) is 46.7 Å². The summed E-state index contributed by atoms with van der Waals surface area (Å²) in [5, 5.41) is 0.807. The van der Waals surface area contributed by atoms with E-state index < -0.39 is 0 Å². The summed E-state index contributed by atoms with van der Waals surface area (Å²) in [7, 11) is 3.13. The first kappa shape index (κ1) is 15.2. The predicted octanol–water partition coefficient (Wildman–Crippen LogP) is 3.71. The number of halogens is 1.